The van der Waals surface area contributed by atoms with Crippen molar-refractivity contribution in [2.24, 2.45) is 4.99 Å². The number of hydrogen-bond donors (Lipinski definition) is 2. The van der Waals surface area contributed by atoms with Crippen LogP contribution < -0.4 is 10.6 Å². The fourth-order valence-corrected chi connectivity index (χ4v) is 2.53. The topological polar surface area (TPSA) is 67.1 Å². The quantitative estimate of drug-likeness (QED) is 0.531. The molecule has 2 rings (SSSR count). The predicted molar refractivity (Wildman–Crippen MR) is 103 cm³/mol. The average molecular weight is 363 g/mol. The number of guanidine groups is 1. The molecule has 1 aromatic heterocycles. The van der Waals surface area contributed by atoms with Crippen molar-refractivity contribution < 1.29 is 0 Å². The van der Waals surface area contributed by atoms with Crippen LogP contribution in [-0.4, -0.2) is 40.4 Å². The van der Waals surface area contributed by atoms with Gasteiger partial charge < -0.3 is 15.2 Å². The maximum atomic E-state index is 5.92. The number of benzene rings is 1. The molecular formula is C18H27ClN6. The number of aromatic nitrogens is 3. The van der Waals surface area contributed by atoms with E-state index in [9.17, 15) is 0 Å². The lowest BCUT2D eigenvalue weighted by Crippen LogP contribution is -2.40. The van der Waals surface area contributed by atoms with Gasteiger partial charge in [-0.2, -0.15) is 0 Å². The zero-order valence-electron chi connectivity index (χ0n) is 15.0. The lowest BCUT2D eigenvalue weighted by atomic mass is 10.1. The van der Waals surface area contributed by atoms with E-state index in [1.165, 1.54) is 5.56 Å². The normalized spacial score (nSPS) is 11.6. The molecule has 0 aliphatic heterocycles. The molecule has 0 atom stereocenters. The van der Waals surface area contributed by atoms with E-state index < -0.39 is 0 Å². The van der Waals surface area contributed by atoms with Crippen molar-refractivity contribution in [3.63, 3.8) is 0 Å². The molecule has 1 aromatic carbocycles. The Morgan fingerprint density at radius 2 is 1.92 bits per heavy atom. The average Bonchev–Trinajstić information content (AvgIpc) is 3.08. The van der Waals surface area contributed by atoms with Gasteiger partial charge in [0.2, 0.25) is 0 Å². The monoisotopic (exact) mass is 362 g/mol. The molecule has 0 spiro atoms. The summed E-state index contributed by atoms with van der Waals surface area (Å²) in [4.78, 5) is 4.58. The summed E-state index contributed by atoms with van der Waals surface area (Å²) < 4.78 is 2.07. The van der Waals surface area contributed by atoms with Crippen molar-refractivity contribution in [1.82, 2.24) is 25.4 Å². The SMILES string of the molecule is CCCN=C(NCCc1ccc(Cl)cc1)NCCn1cnnc1CC. The minimum absolute atomic E-state index is 0.768. The van der Waals surface area contributed by atoms with Gasteiger partial charge in [0.05, 0.1) is 0 Å². The molecule has 6 nitrogen and oxygen atoms in total. The zero-order valence-corrected chi connectivity index (χ0v) is 15.8. The van der Waals surface area contributed by atoms with Crippen LogP contribution in [0.15, 0.2) is 35.6 Å². The molecule has 2 N–H and O–H groups in total. The Balaban J connectivity index is 1.78. The number of nitrogens with zero attached hydrogens (tertiary/aromatic N) is 4. The van der Waals surface area contributed by atoms with E-state index in [0.29, 0.717) is 0 Å². The van der Waals surface area contributed by atoms with Gasteiger partial charge >= 0.3 is 0 Å². The van der Waals surface area contributed by atoms with Crippen molar-refractivity contribution >= 4 is 17.6 Å². The highest BCUT2D eigenvalue weighted by Gasteiger charge is 2.03. The van der Waals surface area contributed by atoms with Gasteiger partial charge in [-0.25, -0.2) is 0 Å². The highest BCUT2D eigenvalue weighted by molar-refractivity contribution is 6.30. The first-order valence-electron chi connectivity index (χ1n) is 8.86. The number of nitrogens with one attached hydrogen (secondary N) is 2. The molecule has 136 valence electrons. The van der Waals surface area contributed by atoms with E-state index >= 15 is 0 Å². The fourth-order valence-electron chi connectivity index (χ4n) is 2.41. The molecule has 0 unspecified atom stereocenters. The van der Waals surface area contributed by atoms with Gasteiger partial charge in [0.25, 0.3) is 0 Å². The van der Waals surface area contributed by atoms with Gasteiger partial charge in [0.15, 0.2) is 5.96 Å². The van der Waals surface area contributed by atoms with Gasteiger partial charge in [0.1, 0.15) is 12.2 Å². The van der Waals surface area contributed by atoms with Gasteiger partial charge in [-0.1, -0.05) is 37.6 Å². The molecule has 2 aromatic rings. The second-order valence-electron chi connectivity index (χ2n) is 5.75. The molecule has 0 saturated heterocycles. The third-order valence-corrected chi connectivity index (χ3v) is 4.02. The first-order valence-corrected chi connectivity index (χ1v) is 9.24. The molecule has 25 heavy (non-hydrogen) atoms. The van der Waals surface area contributed by atoms with Crippen LogP contribution in [0.1, 0.15) is 31.7 Å². The maximum absolute atomic E-state index is 5.92. The first-order chi connectivity index (χ1) is 12.2. The third kappa shape index (κ3) is 6.74. The van der Waals surface area contributed by atoms with E-state index in [1.54, 1.807) is 6.33 Å². The summed E-state index contributed by atoms with van der Waals surface area (Å²) in [6.45, 7) is 7.44. The Kier molecular flexibility index (Phi) is 8.25. The molecular weight excluding hydrogens is 336 g/mol. The summed E-state index contributed by atoms with van der Waals surface area (Å²) in [7, 11) is 0. The molecule has 0 fully saturated rings. The smallest absolute Gasteiger partial charge is 0.191 e. The van der Waals surface area contributed by atoms with Gasteiger partial charge in [-0.3, -0.25) is 4.99 Å². The summed E-state index contributed by atoms with van der Waals surface area (Å²) in [6.07, 6.45) is 4.61. The van der Waals surface area contributed by atoms with Crippen LogP contribution in [0.4, 0.5) is 0 Å². The van der Waals surface area contributed by atoms with Crippen LogP contribution in [0.25, 0.3) is 0 Å². The van der Waals surface area contributed by atoms with Gasteiger partial charge in [-0.15, -0.1) is 10.2 Å². The molecule has 7 heteroatoms. The maximum Gasteiger partial charge on any atom is 0.191 e. The Hall–Kier alpha value is -2.08. The Labute approximate surface area is 154 Å². The lowest BCUT2D eigenvalue weighted by Gasteiger charge is -2.13. The van der Waals surface area contributed by atoms with E-state index in [0.717, 1.165) is 62.2 Å². The van der Waals surface area contributed by atoms with Crippen LogP contribution in [0.3, 0.4) is 0 Å². The van der Waals surface area contributed by atoms with Crippen LogP contribution in [0.2, 0.25) is 5.02 Å². The predicted octanol–water partition coefficient (Wildman–Crippen LogP) is 2.68. The largest absolute Gasteiger partial charge is 0.356 e. The molecule has 0 saturated carbocycles. The minimum Gasteiger partial charge on any atom is -0.356 e. The van der Waals surface area contributed by atoms with Crippen LogP contribution >= 0.6 is 11.6 Å². The van der Waals surface area contributed by atoms with E-state index in [1.807, 2.05) is 12.1 Å². The van der Waals surface area contributed by atoms with Crippen molar-refractivity contribution in [3.8, 4) is 0 Å². The summed E-state index contributed by atoms with van der Waals surface area (Å²) >= 11 is 5.92. The summed E-state index contributed by atoms with van der Waals surface area (Å²) in [5, 5.41) is 15.6. The van der Waals surface area contributed by atoms with Crippen LogP contribution in [0, 0.1) is 0 Å². The van der Waals surface area contributed by atoms with E-state index in [-0.39, 0.29) is 0 Å². The summed E-state index contributed by atoms with van der Waals surface area (Å²) in [5.74, 6) is 1.85. The highest BCUT2D eigenvalue weighted by atomic mass is 35.5. The van der Waals surface area contributed by atoms with Crippen molar-refractivity contribution in [2.75, 3.05) is 19.6 Å². The Morgan fingerprint density at radius 1 is 1.16 bits per heavy atom. The number of aryl methyl sites for hydroxylation is 1. The first kappa shape index (κ1) is 19.2. The van der Waals surface area contributed by atoms with Gasteiger partial charge in [-0.05, 0) is 30.5 Å². The summed E-state index contributed by atoms with van der Waals surface area (Å²) in [5.41, 5.74) is 1.25. The highest BCUT2D eigenvalue weighted by Crippen LogP contribution is 2.09. The molecule has 1 heterocycles. The molecule has 0 bridgehead atoms. The Bertz CT molecular complexity index is 650. The van der Waals surface area contributed by atoms with Crippen molar-refractivity contribution in [1.29, 1.82) is 0 Å². The minimum atomic E-state index is 0.768. The fraction of sp³-hybridized carbons (Fsp3) is 0.500. The van der Waals surface area contributed by atoms with Crippen molar-refractivity contribution in [2.45, 2.75) is 39.7 Å². The lowest BCUT2D eigenvalue weighted by molar-refractivity contribution is 0.631. The third-order valence-electron chi connectivity index (χ3n) is 3.77. The standard InChI is InChI=1S/C18H27ClN6/c1-3-10-20-18(21-11-9-15-5-7-16(19)8-6-15)22-12-13-25-14-23-24-17(25)4-2/h5-8,14H,3-4,9-13H2,1-2H3,(H2,20,21,22). The number of aliphatic imine (C=N–C) groups is 1. The summed E-state index contributed by atoms with van der Waals surface area (Å²) in [6, 6.07) is 7.95. The number of rotatable bonds is 9. The van der Waals surface area contributed by atoms with Crippen LogP contribution in [0.5, 0.6) is 0 Å². The second-order valence-corrected chi connectivity index (χ2v) is 6.19. The molecule has 0 aliphatic rings. The number of hydrogen-bond acceptors (Lipinski definition) is 3. The molecule has 0 amide bonds. The Morgan fingerprint density at radius 3 is 2.64 bits per heavy atom. The van der Waals surface area contributed by atoms with Crippen molar-refractivity contribution in [3.05, 3.63) is 47.0 Å². The molecule has 0 radical (unpaired) electrons. The van der Waals surface area contributed by atoms with E-state index in [2.05, 4.69) is 56.4 Å². The van der Waals surface area contributed by atoms with Crippen LogP contribution in [-0.2, 0) is 19.4 Å². The van der Waals surface area contributed by atoms with E-state index in [4.69, 9.17) is 11.6 Å². The molecule has 0 aliphatic carbocycles. The second kappa shape index (κ2) is 10.7. The van der Waals surface area contributed by atoms with Gasteiger partial charge in [0, 0.05) is 37.6 Å². The number of halogens is 1. The zero-order chi connectivity index (χ0) is 17.9.